The lowest BCUT2D eigenvalue weighted by molar-refractivity contribution is 0.0701. The molecule has 0 unspecified atom stereocenters. The monoisotopic (exact) mass is 434 g/mol. The molecule has 0 saturated carbocycles. The first-order chi connectivity index (χ1) is 15.1. The van der Waals surface area contributed by atoms with Crippen LogP contribution in [-0.2, 0) is 4.74 Å². The number of aromatic nitrogens is 1. The number of amides is 1. The molecule has 6 nitrogen and oxygen atoms in total. The highest BCUT2D eigenvalue weighted by Gasteiger charge is 2.31. The SMILES string of the molecule is O=C(O)c1cnc(C2CCN(C(=O)OCC3c4ccccc4-c4ccccc43)CC2)s1. The van der Waals surface area contributed by atoms with Gasteiger partial charge in [-0.1, -0.05) is 48.5 Å². The standard InChI is InChI=1S/C24H22N2O4S/c27-23(28)21-13-25-22(31-21)15-9-11-26(12-10-15)24(29)30-14-20-18-7-3-1-5-16(18)17-6-2-4-8-19(17)20/h1-8,13,15,20H,9-12,14H2,(H,27,28). The van der Waals surface area contributed by atoms with Crippen molar-refractivity contribution in [3.05, 3.63) is 75.7 Å². The summed E-state index contributed by atoms with van der Waals surface area (Å²) in [4.78, 5) is 30.1. The number of piperidine rings is 1. The summed E-state index contributed by atoms with van der Waals surface area (Å²) in [6.45, 7) is 1.49. The molecular formula is C24H22N2O4S. The van der Waals surface area contributed by atoms with Crippen LogP contribution in [0.5, 0.6) is 0 Å². The van der Waals surface area contributed by atoms with E-state index in [0.29, 0.717) is 19.7 Å². The van der Waals surface area contributed by atoms with Crippen LogP contribution in [0.25, 0.3) is 11.1 Å². The van der Waals surface area contributed by atoms with E-state index in [1.54, 1.807) is 4.90 Å². The van der Waals surface area contributed by atoms with Crippen LogP contribution in [0.2, 0.25) is 0 Å². The third-order valence-electron chi connectivity index (χ3n) is 6.17. The minimum Gasteiger partial charge on any atom is -0.477 e. The van der Waals surface area contributed by atoms with Gasteiger partial charge in [-0.05, 0) is 35.1 Å². The Balaban J connectivity index is 1.21. The summed E-state index contributed by atoms with van der Waals surface area (Å²) in [5, 5.41) is 9.92. The van der Waals surface area contributed by atoms with E-state index in [1.165, 1.54) is 39.8 Å². The number of fused-ring (bicyclic) bond motifs is 3. The van der Waals surface area contributed by atoms with Crippen LogP contribution < -0.4 is 0 Å². The minimum absolute atomic E-state index is 0.0543. The summed E-state index contributed by atoms with van der Waals surface area (Å²) in [6, 6.07) is 16.6. The molecule has 0 atom stereocenters. The fourth-order valence-corrected chi connectivity index (χ4v) is 5.50. The molecule has 0 spiro atoms. The molecule has 158 valence electrons. The molecule has 1 N–H and O–H groups in total. The number of carbonyl (C=O) groups is 2. The van der Waals surface area contributed by atoms with E-state index in [1.807, 2.05) is 24.3 Å². The Morgan fingerprint density at radius 1 is 1.03 bits per heavy atom. The van der Waals surface area contributed by atoms with Crippen LogP contribution >= 0.6 is 11.3 Å². The second kappa shape index (κ2) is 8.15. The summed E-state index contributed by atoms with van der Waals surface area (Å²) in [6.07, 6.45) is 2.65. The molecule has 1 aliphatic carbocycles. The van der Waals surface area contributed by atoms with Gasteiger partial charge < -0.3 is 14.7 Å². The number of aromatic carboxylic acids is 1. The van der Waals surface area contributed by atoms with Crippen molar-refractivity contribution in [3.63, 3.8) is 0 Å². The van der Waals surface area contributed by atoms with Gasteiger partial charge >= 0.3 is 12.1 Å². The zero-order chi connectivity index (χ0) is 21.4. The van der Waals surface area contributed by atoms with E-state index >= 15 is 0 Å². The van der Waals surface area contributed by atoms with Crippen LogP contribution in [0.1, 0.15) is 50.5 Å². The number of benzene rings is 2. The van der Waals surface area contributed by atoms with Crippen LogP contribution in [-0.4, -0.2) is 46.7 Å². The molecule has 1 saturated heterocycles. The fourth-order valence-electron chi connectivity index (χ4n) is 4.57. The van der Waals surface area contributed by atoms with E-state index in [9.17, 15) is 9.59 Å². The van der Waals surface area contributed by atoms with Crippen molar-refractivity contribution in [2.75, 3.05) is 19.7 Å². The molecule has 2 aromatic carbocycles. The Morgan fingerprint density at radius 3 is 2.23 bits per heavy atom. The molecule has 1 aromatic heterocycles. The third-order valence-corrected chi connectivity index (χ3v) is 7.32. The topological polar surface area (TPSA) is 79.7 Å². The van der Waals surface area contributed by atoms with Gasteiger partial charge in [0.25, 0.3) is 0 Å². The molecule has 7 heteroatoms. The van der Waals surface area contributed by atoms with E-state index in [4.69, 9.17) is 9.84 Å². The van der Waals surface area contributed by atoms with Gasteiger partial charge in [-0.15, -0.1) is 11.3 Å². The van der Waals surface area contributed by atoms with E-state index in [-0.39, 0.29) is 22.8 Å². The van der Waals surface area contributed by atoms with Crippen LogP contribution in [0, 0.1) is 0 Å². The van der Waals surface area contributed by atoms with Crippen molar-refractivity contribution in [3.8, 4) is 11.1 Å². The number of thiazole rings is 1. The lowest BCUT2D eigenvalue weighted by atomic mass is 9.97. The maximum atomic E-state index is 12.7. The van der Waals surface area contributed by atoms with Crippen molar-refractivity contribution >= 4 is 23.4 Å². The minimum atomic E-state index is -0.945. The molecule has 0 bridgehead atoms. The molecule has 2 heterocycles. The maximum Gasteiger partial charge on any atom is 0.409 e. The van der Waals surface area contributed by atoms with Crippen molar-refractivity contribution in [1.82, 2.24) is 9.88 Å². The summed E-state index contributed by atoms with van der Waals surface area (Å²) < 4.78 is 5.75. The molecule has 1 aliphatic heterocycles. The second-order valence-electron chi connectivity index (χ2n) is 7.93. The fraction of sp³-hybridized carbons (Fsp3) is 0.292. The molecule has 31 heavy (non-hydrogen) atoms. The normalized spacial score (nSPS) is 16.1. The first kappa shape index (κ1) is 19.8. The Hall–Kier alpha value is -3.19. The molecule has 1 amide bonds. The van der Waals surface area contributed by atoms with Crippen LogP contribution in [0.4, 0.5) is 4.79 Å². The van der Waals surface area contributed by atoms with E-state index < -0.39 is 5.97 Å². The largest absolute Gasteiger partial charge is 0.477 e. The summed E-state index contributed by atoms with van der Waals surface area (Å²) >= 11 is 1.23. The van der Waals surface area contributed by atoms with Crippen molar-refractivity contribution in [2.45, 2.75) is 24.7 Å². The van der Waals surface area contributed by atoms with Crippen LogP contribution in [0.15, 0.2) is 54.7 Å². The third kappa shape index (κ3) is 3.70. The Bertz CT molecular complexity index is 1090. The van der Waals surface area contributed by atoms with Crippen molar-refractivity contribution < 1.29 is 19.4 Å². The number of hydrogen-bond donors (Lipinski definition) is 1. The lowest BCUT2D eigenvalue weighted by Gasteiger charge is -2.30. The van der Waals surface area contributed by atoms with Gasteiger partial charge in [-0.2, -0.15) is 0 Å². The number of likely N-dealkylation sites (tertiary alicyclic amines) is 1. The summed E-state index contributed by atoms with van der Waals surface area (Å²) in [5.74, 6) is -0.700. The first-order valence-corrected chi connectivity index (χ1v) is 11.2. The first-order valence-electron chi connectivity index (χ1n) is 10.4. The number of rotatable bonds is 4. The van der Waals surface area contributed by atoms with Gasteiger partial charge in [-0.25, -0.2) is 14.6 Å². The Labute approximate surface area is 184 Å². The number of hydrogen-bond acceptors (Lipinski definition) is 5. The molecular weight excluding hydrogens is 412 g/mol. The van der Waals surface area contributed by atoms with Gasteiger partial charge in [0.05, 0.1) is 11.2 Å². The molecule has 1 fully saturated rings. The summed E-state index contributed by atoms with van der Waals surface area (Å²) in [7, 11) is 0. The van der Waals surface area contributed by atoms with Crippen molar-refractivity contribution in [2.24, 2.45) is 0 Å². The number of carboxylic acid groups (broad SMARTS) is 1. The number of carbonyl (C=O) groups excluding carboxylic acids is 1. The molecule has 2 aliphatic rings. The van der Waals surface area contributed by atoms with Crippen LogP contribution in [0.3, 0.4) is 0 Å². The average Bonchev–Trinajstić information content (AvgIpc) is 3.42. The van der Waals surface area contributed by atoms with Gasteiger partial charge in [0.15, 0.2) is 0 Å². The smallest absolute Gasteiger partial charge is 0.409 e. The van der Waals surface area contributed by atoms with Gasteiger partial charge in [0, 0.05) is 24.9 Å². The number of carboxylic acids is 1. The van der Waals surface area contributed by atoms with E-state index in [0.717, 1.165) is 17.8 Å². The predicted octanol–water partition coefficient (Wildman–Crippen LogP) is 4.97. The maximum absolute atomic E-state index is 12.7. The van der Waals surface area contributed by atoms with Crippen molar-refractivity contribution in [1.29, 1.82) is 0 Å². The quantitative estimate of drug-likeness (QED) is 0.627. The highest BCUT2D eigenvalue weighted by molar-refractivity contribution is 7.13. The zero-order valence-corrected chi connectivity index (χ0v) is 17.7. The molecule has 3 aromatic rings. The number of ether oxygens (including phenoxy) is 1. The molecule has 5 rings (SSSR count). The molecule has 0 radical (unpaired) electrons. The highest BCUT2D eigenvalue weighted by Crippen LogP contribution is 2.44. The predicted molar refractivity (Wildman–Crippen MR) is 118 cm³/mol. The second-order valence-corrected chi connectivity index (χ2v) is 9.00. The van der Waals surface area contributed by atoms with Gasteiger partial charge in [-0.3, -0.25) is 0 Å². The van der Waals surface area contributed by atoms with Gasteiger partial charge in [0.1, 0.15) is 11.5 Å². The highest BCUT2D eigenvalue weighted by atomic mass is 32.1. The van der Waals surface area contributed by atoms with Gasteiger partial charge in [0.2, 0.25) is 0 Å². The van der Waals surface area contributed by atoms with E-state index in [2.05, 4.69) is 29.2 Å². The zero-order valence-electron chi connectivity index (χ0n) is 16.9. The summed E-state index contributed by atoms with van der Waals surface area (Å²) in [5.41, 5.74) is 4.83. The Kier molecular flexibility index (Phi) is 5.19. The lowest BCUT2D eigenvalue weighted by Crippen LogP contribution is -2.38. The Morgan fingerprint density at radius 2 is 1.65 bits per heavy atom. The average molecular weight is 435 g/mol. The number of nitrogens with zero attached hydrogens (tertiary/aromatic N) is 2.